The van der Waals surface area contributed by atoms with E-state index in [-0.39, 0.29) is 5.69 Å². The van der Waals surface area contributed by atoms with Gasteiger partial charge in [-0.1, -0.05) is 15.9 Å². The molecule has 0 amide bonds. The first-order chi connectivity index (χ1) is 9.88. The Hall–Kier alpha value is -1.50. The molecule has 21 heavy (non-hydrogen) atoms. The van der Waals surface area contributed by atoms with E-state index in [0.29, 0.717) is 16.7 Å². The minimum absolute atomic E-state index is 0.0283. The molecule has 2 N–H and O–H groups in total. The van der Waals surface area contributed by atoms with E-state index in [1.807, 2.05) is 0 Å². The van der Waals surface area contributed by atoms with Gasteiger partial charge in [-0.05, 0) is 43.9 Å². The third kappa shape index (κ3) is 2.54. The van der Waals surface area contributed by atoms with Crippen LogP contribution in [-0.2, 0) is 19.0 Å². The molecule has 3 nitrogen and oxygen atoms in total. The Morgan fingerprint density at radius 1 is 1.19 bits per heavy atom. The van der Waals surface area contributed by atoms with Gasteiger partial charge in [-0.3, -0.25) is 0 Å². The Kier molecular flexibility index (Phi) is 3.47. The molecule has 1 aromatic carbocycles. The smallest absolute Gasteiger partial charge is 0.382 e. The molecule has 2 aromatic rings. The van der Waals surface area contributed by atoms with Gasteiger partial charge in [0.05, 0.1) is 11.3 Å². The summed E-state index contributed by atoms with van der Waals surface area (Å²) in [5.74, 6) is 0.334. The predicted octanol–water partition coefficient (Wildman–Crippen LogP) is 4.11. The van der Waals surface area contributed by atoms with Gasteiger partial charge in [0.25, 0.3) is 0 Å². The largest absolute Gasteiger partial charge is 0.418 e. The van der Waals surface area contributed by atoms with Crippen LogP contribution < -0.4 is 5.73 Å². The van der Waals surface area contributed by atoms with Crippen molar-refractivity contribution in [3.63, 3.8) is 0 Å². The molecule has 1 aliphatic rings. The molecule has 0 unspecified atom stereocenters. The van der Waals surface area contributed by atoms with Crippen molar-refractivity contribution >= 4 is 21.7 Å². The number of hydrogen-bond donors (Lipinski definition) is 1. The van der Waals surface area contributed by atoms with Crippen molar-refractivity contribution in [1.29, 1.82) is 0 Å². The Morgan fingerprint density at radius 2 is 1.90 bits per heavy atom. The van der Waals surface area contributed by atoms with Gasteiger partial charge in [0.1, 0.15) is 5.82 Å². The van der Waals surface area contributed by atoms with Gasteiger partial charge in [-0.2, -0.15) is 18.3 Å². The van der Waals surface area contributed by atoms with Gasteiger partial charge in [-0.15, -0.1) is 0 Å². The molecule has 0 fully saturated rings. The number of alkyl halides is 3. The molecule has 0 aliphatic heterocycles. The summed E-state index contributed by atoms with van der Waals surface area (Å²) in [5, 5.41) is 4.15. The molecule has 0 saturated carbocycles. The molecule has 1 heterocycles. The summed E-state index contributed by atoms with van der Waals surface area (Å²) in [6.07, 6.45) is -1.03. The summed E-state index contributed by atoms with van der Waals surface area (Å²) < 4.78 is 41.5. The number of hydrogen-bond acceptors (Lipinski definition) is 2. The molecule has 0 atom stereocenters. The van der Waals surface area contributed by atoms with Crippen molar-refractivity contribution in [1.82, 2.24) is 9.78 Å². The Labute approximate surface area is 128 Å². The second-order valence-corrected chi connectivity index (χ2v) is 6.00. The van der Waals surface area contributed by atoms with Crippen molar-refractivity contribution < 1.29 is 13.2 Å². The third-order valence-corrected chi connectivity index (χ3v) is 4.20. The van der Waals surface area contributed by atoms with E-state index in [2.05, 4.69) is 21.0 Å². The topological polar surface area (TPSA) is 43.8 Å². The highest BCUT2D eigenvalue weighted by Gasteiger charge is 2.35. The number of nitrogen functional groups attached to an aromatic ring is 1. The first kappa shape index (κ1) is 14.4. The molecule has 0 spiro atoms. The molecule has 0 saturated heterocycles. The monoisotopic (exact) mass is 359 g/mol. The molecule has 1 aromatic heterocycles. The maximum atomic E-state index is 13.3. The summed E-state index contributed by atoms with van der Waals surface area (Å²) in [4.78, 5) is 0. The molecular formula is C14H13BrF3N3. The van der Waals surface area contributed by atoms with Gasteiger partial charge < -0.3 is 5.73 Å². The van der Waals surface area contributed by atoms with Gasteiger partial charge in [0.15, 0.2) is 0 Å². The van der Waals surface area contributed by atoms with Crippen molar-refractivity contribution in [2.45, 2.75) is 31.9 Å². The summed E-state index contributed by atoms with van der Waals surface area (Å²) in [7, 11) is 0. The number of halogens is 4. The van der Waals surface area contributed by atoms with E-state index in [0.717, 1.165) is 36.6 Å². The minimum atomic E-state index is -4.44. The molecule has 112 valence electrons. The van der Waals surface area contributed by atoms with Gasteiger partial charge >= 0.3 is 6.18 Å². The summed E-state index contributed by atoms with van der Waals surface area (Å²) in [5.41, 5.74) is 6.86. The van der Waals surface area contributed by atoms with Gasteiger partial charge in [-0.25, -0.2) is 4.68 Å². The van der Waals surface area contributed by atoms with Crippen LogP contribution in [0.4, 0.5) is 19.0 Å². The number of benzene rings is 1. The zero-order valence-electron chi connectivity index (χ0n) is 11.0. The van der Waals surface area contributed by atoms with E-state index in [4.69, 9.17) is 5.73 Å². The van der Waals surface area contributed by atoms with Crippen LogP contribution in [0, 0.1) is 0 Å². The molecule has 0 bridgehead atoms. The van der Waals surface area contributed by atoms with Crippen LogP contribution in [0.25, 0.3) is 5.69 Å². The predicted molar refractivity (Wildman–Crippen MR) is 77.3 cm³/mol. The minimum Gasteiger partial charge on any atom is -0.382 e. The fraction of sp³-hybridized carbons (Fsp3) is 0.357. The fourth-order valence-electron chi connectivity index (χ4n) is 2.75. The van der Waals surface area contributed by atoms with Crippen molar-refractivity contribution in [3.05, 3.63) is 39.5 Å². The summed E-state index contributed by atoms with van der Waals surface area (Å²) >= 11 is 3.09. The first-order valence-corrected chi connectivity index (χ1v) is 7.40. The second-order valence-electron chi connectivity index (χ2n) is 5.09. The van der Waals surface area contributed by atoms with E-state index in [1.165, 1.54) is 10.7 Å². The zero-order valence-corrected chi connectivity index (χ0v) is 12.6. The lowest BCUT2D eigenvalue weighted by atomic mass is 9.97. The average Bonchev–Trinajstić information content (AvgIpc) is 2.76. The number of fused-ring (bicyclic) bond motifs is 1. The quantitative estimate of drug-likeness (QED) is 0.832. The lowest BCUT2D eigenvalue weighted by molar-refractivity contribution is -0.137. The van der Waals surface area contributed by atoms with Crippen LogP contribution in [0.2, 0.25) is 0 Å². The van der Waals surface area contributed by atoms with Crippen molar-refractivity contribution in [3.8, 4) is 5.69 Å². The van der Waals surface area contributed by atoms with Crippen LogP contribution in [0.5, 0.6) is 0 Å². The lowest BCUT2D eigenvalue weighted by Gasteiger charge is -2.17. The number of aromatic nitrogens is 2. The van der Waals surface area contributed by atoms with E-state index < -0.39 is 11.7 Å². The van der Waals surface area contributed by atoms with Gasteiger partial charge in [0.2, 0.25) is 0 Å². The fourth-order valence-corrected chi connectivity index (χ4v) is 3.11. The van der Waals surface area contributed by atoms with Crippen LogP contribution in [-0.4, -0.2) is 9.78 Å². The molecule has 1 aliphatic carbocycles. The molecular weight excluding hydrogens is 347 g/mol. The van der Waals surface area contributed by atoms with E-state index >= 15 is 0 Å². The maximum Gasteiger partial charge on any atom is 0.418 e. The molecule has 3 rings (SSSR count). The third-order valence-electron chi connectivity index (χ3n) is 3.70. The van der Waals surface area contributed by atoms with E-state index in [9.17, 15) is 13.2 Å². The van der Waals surface area contributed by atoms with Gasteiger partial charge in [0, 0.05) is 15.7 Å². The second kappa shape index (κ2) is 5.05. The lowest BCUT2D eigenvalue weighted by Crippen LogP contribution is -2.14. The van der Waals surface area contributed by atoms with E-state index in [1.54, 1.807) is 6.07 Å². The number of anilines is 1. The highest BCUT2D eigenvalue weighted by Crippen LogP contribution is 2.37. The van der Waals surface area contributed by atoms with Crippen LogP contribution in [0.15, 0.2) is 22.7 Å². The van der Waals surface area contributed by atoms with Crippen LogP contribution in [0.3, 0.4) is 0 Å². The number of nitrogens with zero attached hydrogens (tertiary/aromatic N) is 2. The average molecular weight is 360 g/mol. The van der Waals surface area contributed by atoms with Crippen LogP contribution in [0.1, 0.15) is 29.7 Å². The Morgan fingerprint density at radius 3 is 2.62 bits per heavy atom. The first-order valence-electron chi connectivity index (χ1n) is 6.61. The zero-order chi connectivity index (χ0) is 15.2. The van der Waals surface area contributed by atoms with Crippen molar-refractivity contribution in [2.75, 3.05) is 5.73 Å². The summed E-state index contributed by atoms with van der Waals surface area (Å²) in [6.45, 7) is 0. The Bertz CT molecular complexity index is 692. The highest BCUT2D eigenvalue weighted by molar-refractivity contribution is 9.10. The standard InChI is InChI=1S/C14H13BrF3N3/c15-8-5-6-12(10(7-8)14(16,17)18)21-11-4-2-1-3-9(11)13(19)20-21/h5-7H,1-4H2,(H2,19,20). The Balaban J connectivity index is 2.22. The molecule has 0 radical (unpaired) electrons. The summed E-state index contributed by atoms with van der Waals surface area (Å²) in [6, 6.07) is 4.08. The SMILES string of the molecule is Nc1nn(-c2ccc(Br)cc2C(F)(F)F)c2c1CCCC2. The maximum absolute atomic E-state index is 13.3. The normalized spacial score (nSPS) is 15.0. The number of nitrogens with two attached hydrogens (primary N) is 1. The van der Waals surface area contributed by atoms with Crippen molar-refractivity contribution in [2.24, 2.45) is 0 Å². The number of rotatable bonds is 1. The highest BCUT2D eigenvalue weighted by atomic mass is 79.9. The van der Waals surface area contributed by atoms with Crippen LogP contribution >= 0.6 is 15.9 Å². The molecule has 7 heteroatoms.